The third kappa shape index (κ3) is 8.45. The van der Waals surface area contributed by atoms with Gasteiger partial charge >= 0.3 is 5.97 Å². The van der Waals surface area contributed by atoms with E-state index >= 15 is 0 Å². The number of likely N-dealkylation sites (tertiary alicyclic amines) is 1. The van der Waals surface area contributed by atoms with E-state index in [0.29, 0.717) is 31.0 Å². The zero-order valence-corrected chi connectivity index (χ0v) is 28.5. The van der Waals surface area contributed by atoms with E-state index in [-0.39, 0.29) is 31.2 Å². The number of ether oxygens (including phenoxy) is 3. The summed E-state index contributed by atoms with van der Waals surface area (Å²) in [4.78, 5) is 31.3. The van der Waals surface area contributed by atoms with Gasteiger partial charge in [-0.25, -0.2) is 0 Å². The predicted molar refractivity (Wildman–Crippen MR) is 183 cm³/mol. The number of anilines is 1. The summed E-state index contributed by atoms with van der Waals surface area (Å²) in [5.74, 6) is 0.289. The largest absolute Gasteiger partial charge is 0.496 e. The summed E-state index contributed by atoms with van der Waals surface area (Å²) in [6.45, 7) is 4.35. The molecule has 47 heavy (non-hydrogen) atoms. The molecular weight excluding hydrogens is 594 g/mol. The van der Waals surface area contributed by atoms with E-state index in [9.17, 15) is 14.7 Å². The van der Waals surface area contributed by atoms with Crippen molar-refractivity contribution >= 4 is 17.6 Å². The Labute approximate surface area is 279 Å². The first-order chi connectivity index (χ1) is 22.6. The number of hydrogen-bond donors (Lipinski definition) is 1. The fourth-order valence-corrected chi connectivity index (χ4v) is 7.09. The van der Waals surface area contributed by atoms with Crippen molar-refractivity contribution in [2.24, 2.45) is 5.92 Å². The lowest BCUT2D eigenvalue weighted by atomic mass is 9.83. The molecule has 1 fully saturated rings. The Morgan fingerprint density at radius 3 is 2.53 bits per heavy atom. The average Bonchev–Trinajstić information content (AvgIpc) is 3.65. The van der Waals surface area contributed by atoms with Crippen LogP contribution < -0.4 is 19.1 Å². The number of aliphatic carboxylic acids is 1. The number of fused-ring (bicyclic) bond motifs is 1. The normalized spacial score (nSPS) is 19.1. The van der Waals surface area contributed by atoms with Crippen LogP contribution in [0.1, 0.15) is 55.2 Å². The third-order valence-corrected chi connectivity index (χ3v) is 9.25. The summed E-state index contributed by atoms with van der Waals surface area (Å²) < 4.78 is 17.5. The minimum Gasteiger partial charge on any atom is -0.496 e. The Morgan fingerprint density at radius 2 is 1.79 bits per heavy atom. The van der Waals surface area contributed by atoms with E-state index in [0.717, 1.165) is 59.3 Å². The number of aryl methyl sites for hydroxylation is 1. The number of hydrogen-bond acceptors (Lipinski definition) is 6. The maximum atomic E-state index is 14.3. The molecule has 2 aliphatic heterocycles. The monoisotopic (exact) mass is 644 g/mol. The quantitative estimate of drug-likeness (QED) is 0.205. The molecule has 3 aromatic rings. The molecule has 0 aliphatic carbocycles. The van der Waals surface area contributed by atoms with Gasteiger partial charge in [-0.1, -0.05) is 49.7 Å². The maximum absolute atomic E-state index is 14.3. The van der Waals surface area contributed by atoms with Gasteiger partial charge in [-0.05, 0) is 67.1 Å². The van der Waals surface area contributed by atoms with Crippen molar-refractivity contribution in [2.75, 3.05) is 59.6 Å². The Kier molecular flexibility index (Phi) is 11.1. The zero-order valence-electron chi connectivity index (χ0n) is 28.5. The molecule has 2 heterocycles. The first-order valence-corrected chi connectivity index (χ1v) is 16.8. The molecule has 0 radical (unpaired) electrons. The van der Waals surface area contributed by atoms with Gasteiger partial charge in [0, 0.05) is 36.3 Å². The van der Waals surface area contributed by atoms with Crippen molar-refractivity contribution in [3.8, 4) is 17.2 Å². The van der Waals surface area contributed by atoms with Crippen LogP contribution >= 0.6 is 0 Å². The number of carboxylic acids is 1. The minimum atomic E-state index is -0.847. The Bertz CT molecular complexity index is 1540. The standard InChI is InChI=1S/C38H49N3O6/c1-6-7-20-40(30-15-10-12-27(21-30)25-41(2,3)4)36(42)24-39-23-31(29-18-19-34-35(22-29)47-26-46-34)37(38(43)44)32(39)16-11-14-28-13-8-9-17-33(28)45-5/h8-10,12-13,15,17-19,21-22,31-32,37H,6-7,11,14,16,20,23-26H2,1-5H3/p+1/t31-,32+,37?/m1/s1. The van der Waals surface area contributed by atoms with Gasteiger partial charge in [-0.15, -0.1) is 0 Å². The van der Waals surface area contributed by atoms with Crippen molar-refractivity contribution in [1.82, 2.24) is 4.90 Å². The Balaban J connectivity index is 1.42. The Morgan fingerprint density at radius 1 is 1.00 bits per heavy atom. The maximum Gasteiger partial charge on any atom is 0.308 e. The highest BCUT2D eigenvalue weighted by Gasteiger charge is 2.47. The molecule has 9 heteroatoms. The van der Waals surface area contributed by atoms with Crippen molar-refractivity contribution in [2.45, 2.75) is 57.5 Å². The number of amides is 1. The lowest BCUT2D eigenvalue weighted by molar-refractivity contribution is -0.884. The highest BCUT2D eigenvalue weighted by molar-refractivity contribution is 5.95. The molecule has 2 aliphatic rings. The van der Waals surface area contributed by atoms with Crippen LogP contribution in [0, 0.1) is 5.92 Å². The summed E-state index contributed by atoms with van der Waals surface area (Å²) in [5.41, 5.74) is 4.05. The van der Waals surface area contributed by atoms with Gasteiger partial charge < -0.3 is 28.7 Å². The molecule has 0 saturated carbocycles. The van der Waals surface area contributed by atoms with Crippen LogP contribution in [-0.4, -0.2) is 87.1 Å². The first-order valence-electron chi connectivity index (χ1n) is 16.8. The van der Waals surface area contributed by atoms with Gasteiger partial charge in [0.25, 0.3) is 0 Å². The molecule has 0 bridgehead atoms. The van der Waals surface area contributed by atoms with Gasteiger partial charge in [0.15, 0.2) is 11.5 Å². The topological polar surface area (TPSA) is 88.5 Å². The molecule has 0 aromatic heterocycles. The van der Waals surface area contributed by atoms with Crippen molar-refractivity contribution in [3.63, 3.8) is 0 Å². The fraction of sp³-hybridized carbons (Fsp3) is 0.474. The number of carbonyl (C=O) groups excluding carboxylic acids is 1. The second-order valence-corrected chi connectivity index (χ2v) is 13.8. The zero-order chi connectivity index (χ0) is 33.6. The molecule has 9 nitrogen and oxygen atoms in total. The number of para-hydroxylation sites is 1. The molecule has 1 unspecified atom stereocenters. The van der Waals surface area contributed by atoms with Crippen LogP contribution in [0.25, 0.3) is 0 Å². The summed E-state index contributed by atoms with van der Waals surface area (Å²) in [7, 11) is 8.14. The number of nitrogens with zero attached hydrogens (tertiary/aromatic N) is 3. The van der Waals surface area contributed by atoms with Crippen LogP contribution in [-0.2, 0) is 22.6 Å². The highest BCUT2D eigenvalue weighted by Crippen LogP contribution is 2.43. The predicted octanol–water partition coefficient (Wildman–Crippen LogP) is 5.95. The second kappa shape index (κ2) is 15.2. The number of methoxy groups -OCH3 is 1. The molecule has 3 atom stereocenters. The molecule has 5 rings (SSSR count). The van der Waals surface area contributed by atoms with E-state index in [1.165, 1.54) is 5.56 Å². The van der Waals surface area contributed by atoms with Gasteiger partial charge in [0.05, 0.1) is 40.7 Å². The Hall–Kier alpha value is -4.08. The minimum absolute atomic E-state index is 0.00828. The summed E-state index contributed by atoms with van der Waals surface area (Å²) in [5, 5.41) is 10.7. The lowest BCUT2D eigenvalue weighted by Crippen LogP contribution is -2.44. The number of rotatable bonds is 15. The number of benzene rings is 3. The van der Waals surface area contributed by atoms with E-state index in [1.54, 1.807) is 7.11 Å². The number of carbonyl (C=O) groups is 2. The first kappa shape index (κ1) is 34.3. The van der Waals surface area contributed by atoms with Crippen LogP contribution in [0.15, 0.2) is 66.7 Å². The van der Waals surface area contributed by atoms with E-state index < -0.39 is 11.9 Å². The summed E-state index contributed by atoms with van der Waals surface area (Å²) in [6.07, 6.45) is 4.00. The summed E-state index contributed by atoms with van der Waals surface area (Å²) >= 11 is 0. The fourth-order valence-electron chi connectivity index (χ4n) is 7.09. The lowest BCUT2D eigenvalue weighted by Gasteiger charge is -2.30. The number of quaternary nitrogens is 1. The molecule has 252 valence electrons. The smallest absolute Gasteiger partial charge is 0.308 e. The third-order valence-electron chi connectivity index (χ3n) is 9.25. The SMILES string of the molecule is CCCCN(C(=O)CN1C[C@H](c2ccc3c(c2)OCO3)C(C(=O)O)[C@@H]1CCCc1ccccc1OC)c1cccc(C[N+](C)(C)C)c1. The molecular formula is C38H50N3O6+. The van der Waals surface area contributed by atoms with E-state index in [2.05, 4.69) is 51.2 Å². The van der Waals surface area contributed by atoms with Crippen molar-refractivity contribution in [1.29, 1.82) is 0 Å². The molecule has 0 spiro atoms. The van der Waals surface area contributed by atoms with E-state index in [4.69, 9.17) is 14.2 Å². The van der Waals surface area contributed by atoms with Crippen LogP contribution in [0.5, 0.6) is 17.2 Å². The van der Waals surface area contributed by atoms with Gasteiger partial charge in [-0.3, -0.25) is 14.5 Å². The van der Waals surface area contributed by atoms with Crippen molar-refractivity contribution < 1.29 is 33.4 Å². The highest BCUT2D eigenvalue weighted by atomic mass is 16.7. The second-order valence-electron chi connectivity index (χ2n) is 13.8. The van der Waals surface area contributed by atoms with Crippen LogP contribution in [0.2, 0.25) is 0 Å². The summed E-state index contributed by atoms with van der Waals surface area (Å²) in [6, 6.07) is 21.6. The molecule has 1 N–H and O–H groups in total. The van der Waals surface area contributed by atoms with Gasteiger partial charge in [0.2, 0.25) is 12.7 Å². The number of unbranched alkanes of at least 4 members (excludes halogenated alkanes) is 1. The van der Waals surface area contributed by atoms with E-state index in [1.807, 2.05) is 53.4 Å². The van der Waals surface area contributed by atoms with Gasteiger partial charge in [-0.2, -0.15) is 0 Å². The average molecular weight is 645 g/mol. The van der Waals surface area contributed by atoms with Crippen molar-refractivity contribution in [3.05, 3.63) is 83.4 Å². The van der Waals surface area contributed by atoms with Gasteiger partial charge in [0.1, 0.15) is 12.3 Å². The van der Waals surface area contributed by atoms with Crippen LogP contribution in [0.4, 0.5) is 5.69 Å². The molecule has 1 saturated heterocycles. The number of carboxylic acid groups (broad SMARTS) is 1. The molecule has 1 amide bonds. The van der Waals surface area contributed by atoms with Crippen LogP contribution in [0.3, 0.4) is 0 Å². The molecule has 3 aromatic carbocycles.